The first kappa shape index (κ1) is 33.0. The molecule has 0 aliphatic rings. The third-order valence-corrected chi connectivity index (χ3v) is 8.91. The molecule has 0 unspecified atom stereocenters. The van der Waals surface area contributed by atoms with Gasteiger partial charge in [-0.3, -0.25) is 13.9 Å². The maximum atomic E-state index is 14.4. The SMILES string of the molecule is CCOc1ccc(N(CC(=O)N(Cc2cccc(OC)c2)[C@H](Cc2ccccc2)C(=O)NC)S(=O)(=O)c2ccc(F)cc2)cc1. The van der Waals surface area contributed by atoms with Gasteiger partial charge in [0, 0.05) is 20.0 Å². The molecule has 0 aliphatic heterocycles. The molecule has 0 aromatic heterocycles. The summed E-state index contributed by atoms with van der Waals surface area (Å²) in [6.45, 7) is 1.60. The van der Waals surface area contributed by atoms with Gasteiger partial charge >= 0.3 is 0 Å². The molecule has 9 nitrogen and oxygen atoms in total. The number of nitrogens with zero attached hydrogens (tertiary/aromatic N) is 2. The van der Waals surface area contributed by atoms with E-state index >= 15 is 0 Å². The number of sulfonamides is 1. The van der Waals surface area contributed by atoms with Gasteiger partial charge in [-0.15, -0.1) is 0 Å². The molecular weight excluding hydrogens is 597 g/mol. The van der Waals surface area contributed by atoms with E-state index in [4.69, 9.17) is 9.47 Å². The molecule has 4 aromatic rings. The molecule has 4 aromatic carbocycles. The van der Waals surface area contributed by atoms with Crippen LogP contribution in [0.3, 0.4) is 0 Å². The van der Waals surface area contributed by atoms with Gasteiger partial charge < -0.3 is 19.7 Å². The Labute approximate surface area is 263 Å². The van der Waals surface area contributed by atoms with Crippen LogP contribution < -0.4 is 19.1 Å². The van der Waals surface area contributed by atoms with Crippen molar-refractivity contribution in [1.82, 2.24) is 10.2 Å². The van der Waals surface area contributed by atoms with Crippen molar-refractivity contribution in [2.24, 2.45) is 0 Å². The van der Waals surface area contributed by atoms with Gasteiger partial charge in [-0.05, 0) is 78.7 Å². The number of halogens is 1. The first-order valence-corrected chi connectivity index (χ1v) is 15.8. The molecular formula is C34H36FN3O6S. The predicted molar refractivity (Wildman–Crippen MR) is 170 cm³/mol. The number of methoxy groups -OCH3 is 1. The van der Waals surface area contributed by atoms with E-state index in [1.54, 1.807) is 36.4 Å². The second-order valence-electron chi connectivity index (χ2n) is 10.1. The largest absolute Gasteiger partial charge is 0.497 e. The number of amides is 2. The molecule has 0 fully saturated rings. The first-order chi connectivity index (χ1) is 21.7. The molecule has 45 heavy (non-hydrogen) atoms. The van der Waals surface area contributed by atoms with Gasteiger partial charge in [0.05, 0.1) is 24.3 Å². The number of nitrogens with one attached hydrogen (secondary N) is 1. The lowest BCUT2D eigenvalue weighted by Gasteiger charge is -2.33. The van der Waals surface area contributed by atoms with Gasteiger partial charge in [0.1, 0.15) is 29.9 Å². The topological polar surface area (TPSA) is 105 Å². The zero-order chi connectivity index (χ0) is 32.4. The van der Waals surface area contributed by atoms with E-state index < -0.39 is 40.2 Å². The Morgan fingerprint density at radius 3 is 2.16 bits per heavy atom. The number of rotatable bonds is 14. The Morgan fingerprint density at radius 2 is 1.53 bits per heavy atom. The molecule has 0 heterocycles. The van der Waals surface area contributed by atoms with E-state index in [0.717, 1.165) is 34.1 Å². The zero-order valence-corrected chi connectivity index (χ0v) is 26.2. The van der Waals surface area contributed by atoms with E-state index in [-0.39, 0.29) is 23.5 Å². The molecule has 0 bridgehead atoms. The van der Waals surface area contributed by atoms with Gasteiger partial charge in [-0.25, -0.2) is 12.8 Å². The fraction of sp³-hybridized carbons (Fsp3) is 0.235. The van der Waals surface area contributed by atoms with Crippen LogP contribution in [-0.4, -0.2) is 58.5 Å². The zero-order valence-electron chi connectivity index (χ0n) is 25.4. The van der Waals surface area contributed by atoms with Crippen LogP contribution in [0.4, 0.5) is 10.1 Å². The number of carbonyl (C=O) groups is 2. The minimum absolute atomic E-state index is 0.00529. The number of likely N-dealkylation sites (N-methyl/N-ethyl adjacent to an activating group) is 1. The van der Waals surface area contributed by atoms with Crippen LogP contribution in [0.25, 0.3) is 0 Å². The maximum Gasteiger partial charge on any atom is 0.264 e. The van der Waals surface area contributed by atoms with Crippen LogP contribution >= 0.6 is 0 Å². The van der Waals surface area contributed by atoms with Crippen LogP contribution in [0.5, 0.6) is 11.5 Å². The summed E-state index contributed by atoms with van der Waals surface area (Å²) in [5.74, 6) is -0.550. The Hall–Kier alpha value is -4.90. The number of hydrogen-bond acceptors (Lipinski definition) is 6. The van der Waals surface area contributed by atoms with Crippen molar-refractivity contribution in [3.8, 4) is 11.5 Å². The third kappa shape index (κ3) is 8.39. The maximum absolute atomic E-state index is 14.4. The lowest BCUT2D eigenvalue weighted by atomic mass is 10.0. The highest BCUT2D eigenvalue weighted by atomic mass is 32.2. The molecule has 0 saturated heterocycles. The summed E-state index contributed by atoms with van der Waals surface area (Å²) in [6, 6.07) is 26.0. The predicted octanol–water partition coefficient (Wildman–Crippen LogP) is 4.81. The number of benzene rings is 4. The van der Waals surface area contributed by atoms with E-state index in [1.165, 1.54) is 31.2 Å². The van der Waals surface area contributed by atoms with Crippen molar-refractivity contribution < 1.29 is 31.9 Å². The van der Waals surface area contributed by atoms with Crippen molar-refractivity contribution in [2.45, 2.75) is 30.8 Å². The van der Waals surface area contributed by atoms with Crippen molar-refractivity contribution in [3.05, 3.63) is 120 Å². The standard InChI is InChI=1S/C34H36FN3O6S/c1-4-44-29-17-15-28(16-18-29)38(45(41,42)31-19-13-27(35)14-20-31)24-33(39)37(23-26-11-8-12-30(21-26)43-3)32(34(40)36-2)22-25-9-6-5-7-10-25/h5-21,32H,4,22-24H2,1-3H3,(H,36,40)/t32-/m1/s1. The highest BCUT2D eigenvalue weighted by Crippen LogP contribution is 2.27. The summed E-state index contributed by atoms with van der Waals surface area (Å²) < 4.78 is 53.6. The number of hydrogen-bond donors (Lipinski definition) is 1. The molecule has 11 heteroatoms. The van der Waals surface area contributed by atoms with Crippen LogP contribution in [0, 0.1) is 5.82 Å². The molecule has 236 valence electrons. The van der Waals surface area contributed by atoms with Gasteiger partial charge in [-0.2, -0.15) is 0 Å². The van der Waals surface area contributed by atoms with Gasteiger partial charge in [0.25, 0.3) is 10.0 Å². The Bertz CT molecular complexity index is 1680. The fourth-order valence-electron chi connectivity index (χ4n) is 4.83. The number of carbonyl (C=O) groups excluding carboxylic acids is 2. The van der Waals surface area contributed by atoms with Gasteiger partial charge in [-0.1, -0.05) is 42.5 Å². The lowest BCUT2D eigenvalue weighted by molar-refractivity contribution is -0.139. The second kappa shape index (κ2) is 15.2. The summed E-state index contributed by atoms with van der Waals surface area (Å²) in [5, 5.41) is 2.65. The number of anilines is 1. The average molecular weight is 634 g/mol. The molecule has 0 saturated carbocycles. The highest BCUT2D eigenvalue weighted by molar-refractivity contribution is 7.92. The van der Waals surface area contributed by atoms with Gasteiger partial charge in [0.15, 0.2) is 0 Å². The Balaban J connectivity index is 1.79. The van der Waals surface area contributed by atoms with E-state index in [0.29, 0.717) is 23.7 Å². The normalized spacial score (nSPS) is 11.7. The Kier molecular flexibility index (Phi) is 11.2. The summed E-state index contributed by atoms with van der Waals surface area (Å²) in [5.41, 5.74) is 1.69. The molecule has 0 radical (unpaired) electrons. The van der Waals surface area contributed by atoms with E-state index in [1.807, 2.05) is 37.3 Å². The van der Waals surface area contributed by atoms with Gasteiger partial charge in [0.2, 0.25) is 11.8 Å². The van der Waals surface area contributed by atoms with Crippen LogP contribution in [0.15, 0.2) is 108 Å². The van der Waals surface area contributed by atoms with E-state index in [2.05, 4.69) is 5.32 Å². The Morgan fingerprint density at radius 1 is 0.867 bits per heavy atom. The average Bonchev–Trinajstić information content (AvgIpc) is 3.06. The summed E-state index contributed by atoms with van der Waals surface area (Å²) in [4.78, 5) is 28.9. The molecule has 4 rings (SSSR count). The monoisotopic (exact) mass is 633 g/mol. The molecule has 0 aliphatic carbocycles. The quantitative estimate of drug-likeness (QED) is 0.214. The fourth-order valence-corrected chi connectivity index (χ4v) is 6.24. The van der Waals surface area contributed by atoms with Crippen LogP contribution in [-0.2, 0) is 32.6 Å². The summed E-state index contributed by atoms with van der Waals surface area (Å²) in [7, 11) is -1.35. The molecule has 1 atom stereocenters. The summed E-state index contributed by atoms with van der Waals surface area (Å²) in [6.07, 6.45) is 0.185. The number of ether oxygens (including phenoxy) is 2. The third-order valence-electron chi connectivity index (χ3n) is 7.12. The lowest BCUT2D eigenvalue weighted by Crippen LogP contribution is -2.53. The van der Waals surface area contributed by atoms with Crippen molar-refractivity contribution in [3.63, 3.8) is 0 Å². The second-order valence-corrected chi connectivity index (χ2v) is 11.9. The summed E-state index contributed by atoms with van der Waals surface area (Å²) >= 11 is 0. The van der Waals surface area contributed by atoms with Crippen molar-refractivity contribution >= 4 is 27.5 Å². The van der Waals surface area contributed by atoms with E-state index in [9.17, 15) is 22.4 Å². The van der Waals surface area contributed by atoms with Crippen molar-refractivity contribution in [1.29, 1.82) is 0 Å². The molecule has 2 amide bonds. The smallest absolute Gasteiger partial charge is 0.264 e. The van der Waals surface area contributed by atoms with Crippen LogP contribution in [0.1, 0.15) is 18.1 Å². The minimum atomic E-state index is -4.36. The first-order valence-electron chi connectivity index (χ1n) is 14.3. The van der Waals surface area contributed by atoms with Crippen LogP contribution in [0.2, 0.25) is 0 Å². The molecule has 0 spiro atoms. The van der Waals surface area contributed by atoms with Crippen molar-refractivity contribution in [2.75, 3.05) is 31.6 Å². The molecule has 1 N–H and O–H groups in total. The minimum Gasteiger partial charge on any atom is -0.497 e. The highest BCUT2D eigenvalue weighted by Gasteiger charge is 2.34.